The summed E-state index contributed by atoms with van der Waals surface area (Å²) in [6.45, 7) is 6.28. The average Bonchev–Trinajstić information content (AvgIpc) is 3.48. The molecule has 162 valence electrons. The van der Waals surface area contributed by atoms with E-state index in [4.69, 9.17) is 0 Å². The van der Waals surface area contributed by atoms with Crippen LogP contribution in [0.5, 0.6) is 0 Å². The average molecular weight is 413 g/mol. The van der Waals surface area contributed by atoms with E-state index in [1.807, 2.05) is 30.5 Å². The van der Waals surface area contributed by atoms with E-state index in [2.05, 4.69) is 15.3 Å². The molecule has 2 aromatic rings. The van der Waals surface area contributed by atoms with Crippen LogP contribution in [-0.2, 0) is 11.8 Å². The first-order valence-electron chi connectivity index (χ1n) is 11.1. The molecule has 0 bridgehead atoms. The number of piperazine rings is 1. The van der Waals surface area contributed by atoms with E-state index in [1.54, 1.807) is 11.0 Å². The Morgan fingerprint density at radius 2 is 1.77 bits per heavy atom. The number of nitrogens with zero attached hydrogens (tertiary/aromatic N) is 5. The first-order valence-corrected chi connectivity index (χ1v) is 11.1. The monoisotopic (exact) mass is 412 g/mol. The quantitative estimate of drug-likeness (QED) is 0.818. The zero-order chi connectivity index (χ0) is 21.3. The molecule has 0 atom stereocenters. The van der Waals surface area contributed by atoms with Gasteiger partial charge in [0.25, 0.3) is 5.91 Å². The first kappa shape index (κ1) is 20.6. The summed E-state index contributed by atoms with van der Waals surface area (Å²) in [6.07, 6.45) is 6.85. The minimum absolute atomic E-state index is 0.0639. The summed E-state index contributed by atoms with van der Waals surface area (Å²) in [6, 6.07) is 1.80. The Morgan fingerprint density at radius 3 is 2.40 bits per heavy atom. The predicted molar refractivity (Wildman–Crippen MR) is 114 cm³/mol. The van der Waals surface area contributed by atoms with Crippen molar-refractivity contribution in [3.8, 4) is 11.3 Å². The lowest BCUT2D eigenvalue weighted by Gasteiger charge is -2.34. The van der Waals surface area contributed by atoms with Crippen molar-refractivity contribution in [3.63, 3.8) is 0 Å². The van der Waals surface area contributed by atoms with Crippen molar-refractivity contribution in [2.45, 2.75) is 52.4 Å². The number of hydrogen-bond acceptors (Lipinski definition) is 4. The third-order valence-corrected chi connectivity index (χ3v) is 6.73. The number of aromatic nitrogens is 4. The summed E-state index contributed by atoms with van der Waals surface area (Å²) >= 11 is 0. The third kappa shape index (κ3) is 4.13. The van der Waals surface area contributed by atoms with Crippen LogP contribution in [0.25, 0.3) is 11.3 Å². The minimum atomic E-state index is -0.0639. The molecular weight excluding hydrogens is 380 g/mol. The molecule has 1 saturated heterocycles. The van der Waals surface area contributed by atoms with E-state index >= 15 is 0 Å². The number of carbonyl (C=O) groups excluding carboxylic acids is 2. The summed E-state index contributed by atoms with van der Waals surface area (Å²) in [5.41, 5.74) is 4.09. The molecule has 2 fully saturated rings. The third-order valence-electron chi connectivity index (χ3n) is 6.73. The van der Waals surface area contributed by atoms with Gasteiger partial charge in [0.15, 0.2) is 0 Å². The molecule has 0 radical (unpaired) electrons. The van der Waals surface area contributed by atoms with E-state index in [0.717, 1.165) is 35.0 Å². The van der Waals surface area contributed by atoms with Gasteiger partial charge in [0.05, 0.1) is 11.4 Å². The van der Waals surface area contributed by atoms with E-state index in [-0.39, 0.29) is 11.8 Å². The van der Waals surface area contributed by atoms with Crippen LogP contribution in [0, 0.1) is 19.8 Å². The summed E-state index contributed by atoms with van der Waals surface area (Å²) in [4.78, 5) is 29.2. The van der Waals surface area contributed by atoms with Gasteiger partial charge in [-0.3, -0.25) is 19.4 Å². The van der Waals surface area contributed by atoms with Crippen LogP contribution in [-0.4, -0.2) is 67.8 Å². The van der Waals surface area contributed by atoms with Gasteiger partial charge in [0.2, 0.25) is 5.91 Å². The number of carbonyl (C=O) groups is 2. The lowest BCUT2D eigenvalue weighted by Crippen LogP contribution is -2.50. The molecule has 1 aliphatic carbocycles. The van der Waals surface area contributed by atoms with E-state index in [1.165, 1.54) is 25.7 Å². The lowest BCUT2D eigenvalue weighted by atomic mass is 10.0. The van der Waals surface area contributed by atoms with Crippen molar-refractivity contribution >= 4 is 11.8 Å². The highest BCUT2D eigenvalue weighted by Gasteiger charge is 2.27. The standard InChI is InChI=1S/C22H32N6O2/c1-15-21(16(2)26(3)25-15)18-14-19(24-23-18)22(30)28-12-10-27(11-13-28)20(29)9-8-17-6-4-5-7-17/h14,17H,4-13H2,1-3H3,(H,23,24). The first-order chi connectivity index (χ1) is 14.4. The van der Waals surface area contributed by atoms with Crippen LogP contribution < -0.4 is 0 Å². The van der Waals surface area contributed by atoms with Gasteiger partial charge < -0.3 is 9.80 Å². The van der Waals surface area contributed by atoms with Crippen LogP contribution in [0.15, 0.2) is 6.07 Å². The zero-order valence-corrected chi connectivity index (χ0v) is 18.3. The second-order valence-electron chi connectivity index (χ2n) is 8.70. The topological polar surface area (TPSA) is 87.1 Å². The molecule has 3 heterocycles. The van der Waals surface area contributed by atoms with Crippen molar-refractivity contribution in [1.29, 1.82) is 0 Å². The van der Waals surface area contributed by atoms with Crippen LogP contribution in [0.4, 0.5) is 0 Å². The maximum absolute atomic E-state index is 12.9. The Labute approximate surface area is 177 Å². The fourth-order valence-corrected chi connectivity index (χ4v) is 4.82. The molecule has 0 aromatic carbocycles. The molecular formula is C22H32N6O2. The highest BCUT2D eigenvalue weighted by Crippen LogP contribution is 2.29. The second-order valence-corrected chi connectivity index (χ2v) is 8.70. The fraction of sp³-hybridized carbons (Fsp3) is 0.636. The summed E-state index contributed by atoms with van der Waals surface area (Å²) in [5.74, 6) is 0.907. The minimum Gasteiger partial charge on any atom is -0.339 e. The van der Waals surface area contributed by atoms with Crippen molar-refractivity contribution in [1.82, 2.24) is 29.8 Å². The normalized spacial score (nSPS) is 17.7. The van der Waals surface area contributed by atoms with Crippen molar-refractivity contribution in [2.75, 3.05) is 26.2 Å². The molecule has 8 nitrogen and oxygen atoms in total. The van der Waals surface area contributed by atoms with Crippen LogP contribution >= 0.6 is 0 Å². The van der Waals surface area contributed by atoms with Crippen molar-refractivity contribution in [2.24, 2.45) is 13.0 Å². The SMILES string of the molecule is Cc1nn(C)c(C)c1-c1cc(C(=O)N2CCN(C(=O)CCC3CCCC3)CC2)[nH]n1. The van der Waals surface area contributed by atoms with Crippen LogP contribution in [0.2, 0.25) is 0 Å². The van der Waals surface area contributed by atoms with Crippen molar-refractivity contribution < 1.29 is 9.59 Å². The molecule has 0 unspecified atom stereocenters. The summed E-state index contributed by atoms with van der Waals surface area (Å²) in [5, 5.41) is 11.7. The Balaban J connectivity index is 1.32. The molecule has 8 heteroatoms. The van der Waals surface area contributed by atoms with Gasteiger partial charge in [0, 0.05) is 50.9 Å². The van der Waals surface area contributed by atoms with Gasteiger partial charge in [-0.1, -0.05) is 25.7 Å². The van der Waals surface area contributed by atoms with Crippen molar-refractivity contribution in [3.05, 3.63) is 23.1 Å². The highest BCUT2D eigenvalue weighted by atomic mass is 16.2. The van der Waals surface area contributed by atoms with Crippen LogP contribution in [0.1, 0.15) is 60.4 Å². The number of nitrogens with one attached hydrogen (secondary N) is 1. The Morgan fingerprint density at radius 1 is 1.10 bits per heavy atom. The molecule has 0 spiro atoms. The number of aromatic amines is 1. The van der Waals surface area contributed by atoms with E-state index in [9.17, 15) is 9.59 Å². The number of aryl methyl sites for hydroxylation is 2. The number of amides is 2. The van der Waals surface area contributed by atoms with Gasteiger partial charge in [-0.2, -0.15) is 10.2 Å². The van der Waals surface area contributed by atoms with Gasteiger partial charge in [0.1, 0.15) is 5.69 Å². The van der Waals surface area contributed by atoms with Gasteiger partial charge in [-0.15, -0.1) is 0 Å². The zero-order valence-electron chi connectivity index (χ0n) is 18.3. The highest BCUT2D eigenvalue weighted by molar-refractivity contribution is 5.93. The molecule has 1 aliphatic heterocycles. The van der Waals surface area contributed by atoms with Gasteiger partial charge in [-0.25, -0.2) is 0 Å². The number of H-pyrrole nitrogens is 1. The molecule has 30 heavy (non-hydrogen) atoms. The Kier molecular flexibility index (Phi) is 5.92. The van der Waals surface area contributed by atoms with E-state index in [0.29, 0.717) is 38.3 Å². The largest absolute Gasteiger partial charge is 0.339 e. The van der Waals surface area contributed by atoms with Crippen LogP contribution in [0.3, 0.4) is 0 Å². The summed E-state index contributed by atoms with van der Waals surface area (Å²) in [7, 11) is 1.90. The molecule has 4 rings (SSSR count). The molecule has 1 N–H and O–H groups in total. The Bertz CT molecular complexity index is 916. The molecule has 2 aliphatic rings. The molecule has 1 saturated carbocycles. The fourth-order valence-electron chi connectivity index (χ4n) is 4.82. The Hall–Kier alpha value is -2.64. The molecule has 2 aromatic heterocycles. The smallest absolute Gasteiger partial charge is 0.272 e. The maximum Gasteiger partial charge on any atom is 0.272 e. The summed E-state index contributed by atoms with van der Waals surface area (Å²) < 4.78 is 1.82. The van der Waals surface area contributed by atoms with E-state index < -0.39 is 0 Å². The maximum atomic E-state index is 12.9. The number of hydrogen-bond donors (Lipinski definition) is 1. The number of rotatable bonds is 5. The lowest BCUT2D eigenvalue weighted by molar-refractivity contribution is -0.133. The molecule has 2 amide bonds. The second kappa shape index (κ2) is 8.62. The van der Waals surface area contributed by atoms with Gasteiger partial charge in [-0.05, 0) is 32.3 Å². The predicted octanol–water partition coefficient (Wildman–Crippen LogP) is 2.68. The van der Waals surface area contributed by atoms with Gasteiger partial charge >= 0.3 is 0 Å².